The Morgan fingerprint density at radius 1 is 1.26 bits per heavy atom. The first kappa shape index (κ1) is 14.4. The van der Waals surface area contributed by atoms with Crippen molar-refractivity contribution in [1.82, 2.24) is 9.59 Å². The molecule has 0 fully saturated rings. The minimum absolute atomic E-state index is 0.645. The fourth-order valence-corrected chi connectivity index (χ4v) is 2.88. The summed E-state index contributed by atoms with van der Waals surface area (Å²) in [6, 6.07) is 7.54. The van der Waals surface area contributed by atoms with E-state index < -0.39 is 0 Å². The molecular formula is C12H13ClN2O2S2. The lowest BCUT2D eigenvalue weighted by Gasteiger charge is -2.06. The van der Waals surface area contributed by atoms with Crippen LogP contribution in [0.4, 0.5) is 0 Å². The molecule has 19 heavy (non-hydrogen) atoms. The highest BCUT2D eigenvalue weighted by atomic mass is 35.5. The molecule has 0 bridgehead atoms. The molecule has 1 aromatic heterocycles. The molecule has 4 nitrogen and oxygen atoms in total. The number of hydrogen-bond acceptors (Lipinski definition) is 6. The van der Waals surface area contributed by atoms with Gasteiger partial charge in [-0.15, -0.1) is 5.10 Å². The Kier molecular flexibility index (Phi) is 5.75. The maximum Gasteiger partial charge on any atom is 0.138 e. The monoisotopic (exact) mass is 316 g/mol. The van der Waals surface area contributed by atoms with E-state index >= 15 is 0 Å². The van der Waals surface area contributed by atoms with Crippen molar-refractivity contribution >= 4 is 34.9 Å². The number of benzene rings is 1. The number of halogens is 1. The molecule has 0 aliphatic rings. The summed E-state index contributed by atoms with van der Waals surface area (Å²) in [6.07, 6.45) is 0. The highest BCUT2D eigenvalue weighted by Crippen LogP contribution is 2.22. The van der Waals surface area contributed by atoms with Gasteiger partial charge in [0.05, 0.1) is 13.7 Å². The van der Waals surface area contributed by atoms with Crippen LogP contribution in [0.25, 0.3) is 0 Å². The molecule has 0 saturated heterocycles. The van der Waals surface area contributed by atoms with E-state index in [0.717, 1.165) is 28.7 Å². The van der Waals surface area contributed by atoms with Crippen LogP contribution in [-0.4, -0.2) is 29.1 Å². The lowest BCUT2D eigenvalue weighted by molar-refractivity contribution is 0.342. The van der Waals surface area contributed by atoms with Gasteiger partial charge in [0.2, 0.25) is 0 Å². The van der Waals surface area contributed by atoms with Crippen molar-refractivity contribution in [3.05, 3.63) is 34.3 Å². The summed E-state index contributed by atoms with van der Waals surface area (Å²) in [5, 5.41) is 3.95. The van der Waals surface area contributed by atoms with Crippen molar-refractivity contribution in [2.45, 2.75) is 5.75 Å². The van der Waals surface area contributed by atoms with Gasteiger partial charge < -0.3 is 9.47 Å². The quantitative estimate of drug-likeness (QED) is 0.731. The first-order valence-corrected chi connectivity index (χ1v) is 7.91. The molecule has 2 aromatic rings. The third-order valence-corrected chi connectivity index (χ3v) is 4.22. The summed E-state index contributed by atoms with van der Waals surface area (Å²) < 4.78 is 15.2. The third-order valence-electron chi connectivity index (χ3n) is 2.30. The Hall–Kier alpha value is -0.980. The molecule has 102 valence electrons. The van der Waals surface area contributed by atoms with Gasteiger partial charge in [-0.3, -0.25) is 0 Å². The summed E-state index contributed by atoms with van der Waals surface area (Å²) in [7, 11) is 1.64. The molecule has 1 heterocycles. The van der Waals surface area contributed by atoms with Crippen molar-refractivity contribution < 1.29 is 9.47 Å². The van der Waals surface area contributed by atoms with Crippen molar-refractivity contribution in [1.29, 1.82) is 0 Å². The molecule has 0 aliphatic carbocycles. The van der Waals surface area contributed by atoms with Gasteiger partial charge in [0.15, 0.2) is 0 Å². The Bertz CT molecular complexity index is 505. The maximum absolute atomic E-state index is 5.91. The molecular weight excluding hydrogens is 304 g/mol. The Balaban J connectivity index is 1.65. The SMILES string of the molecule is COc1ccc(OCCSCc2nnsc2Cl)cc1. The molecule has 0 radical (unpaired) electrons. The van der Waals surface area contributed by atoms with Gasteiger partial charge >= 0.3 is 0 Å². The summed E-state index contributed by atoms with van der Waals surface area (Å²) >= 11 is 8.85. The fraction of sp³-hybridized carbons (Fsp3) is 0.333. The van der Waals surface area contributed by atoms with Crippen LogP contribution in [0.2, 0.25) is 4.34 Å². The smallest absolute Gasteiger partial charge is 0.138 e. The number of thioether (sulfide) groups is 1. The highest BCUT2D eigenvalue weighted by Gasteiger charge is 2.04. The molecule has 2 rings (SSSR count). The second-order valence-corrected chi connectivity index (χ2v) is 6.03. The number of nitrogens with zero attached hydrogens (tertiary/aromatic N) is 2. The van der Waals surface area contributed by atoms with Crippen LogP contribution in [-0.2, 0) is 5.75 Å². The van der Waals surface area contributed by atoms with Crippen molar-refractivity contribution in [3.8, 4) is 11.5 Å². The van der Waals surface area contributed by atoms with E-state index in [1.807, 2.05) is 24.3 Å². The zero-order chi connectivity index (χ0) is 13.5. The second kappa shape index (κ2) is 7.57. The molecule has 7 heteroatoms. The van der Waals surface area contributed by atoms with Crippen LogP contribution in [0, 0.1) is 0 Å². The highest BCUT2D eigenvalue weighted by molar-refractivity contribution is 7.98. The predicted octanol–water partition coefficient (Wildman–Crippen LogP) is 3.51. The summed E-state index contributed by atoms with van der Waals surface area (Å²) in [5.74, 6) is 3.31. The molecule has 0 aliphatic heterocycles. The maximum atomic E-state index is 5.91. The van der Waals surface area contributed by atoms with Crippen LogP contribution >= 0.6 is 34.9 Å². The number of methoxy groups -OCH3 is 1. The average molecular weight is 317 g/mol. The van der Waals surface area contributed by atoms with Crippen LogP contribution in [0.15, 0.2) is 24.3 Å². The van der Waals surface area contributed by atoms with E-state index in [-0.39, 0.29) is 0 Å². The Labute approximate surface area is 125 Å². The fourth-order valence-electron chi connectivity index (χ4n) is 1.34. The van der Waals surface area contributed by atoms with Gasteiger partial charge in [0.1, 0.15) is 21.5 Å². The number of rotatable bonds is 7. The molecule has 0 N–H and O–H groups in total. The van der Waals surface area contributed by atoms with Crippen molar-refractivity contribution in [2.24, 2.45) is 0 Å². The molecule has 1 aromatic carbocycles. The van der Waals surface area contributed by atoms with E-state index in [1.54, 1.807) is 18.9 Å². The van der Waals surface area contributed by atoms with Crippen molar-refractivity contribution in [3.63, 3.8) is 0 Å². The Morgan fingerprint density at radius 3 is 2.63 bits per heavy atom. The minimum atomic E-state index is 0.645. The third kappa shape index (κ3) is 4.56. The average Bonchev–Trinajstić information content (AvgIpc) is 2.85. The van der Waals surface area contributed by atoms with E-state index in [1.165, 1.54) is 11.5 Å². The van der Waals surface area contributed by atoms with Crippen LogP contribution < -0.4 is 9.47 Å². The normalized spacial score (nSPS) is 10.4. The van der Waals surface area contributed by atoms with Crippen LogP contribution in [0.1, 0.15) is 5.69 Å². The number of aromatic nitrogens is 2. The van der Waals surface area contributed by atoms with Gasteiger partial charge in [-0.1, -0.05) is 16.1 Å². The molecule has 0 spiro atoms. The van der Waals surface area contributed by atoms with E-state index in [4.69, 9.17) is 21.1 Å². The second-order valence-electron chi connectivity index (χ2n) is 3.57. The lowest BCUT2D eigenvalue weighted by atomic mass is 10.3. The lowest BCUT2D eigenvalue weighted by Crippen LogP contribution is -2.00. The number of hydrogen-bond donors (Lipinski definition) is 0. The van der Waals surface area contributed by atoms with Gasteiger partial charge in [0.25, 0.3) is 0 Å². The van der Waals surface area contributed by atoms with E-state index in [9.17, 15) is 0 Å². The van der Waals surface area contributed by atoms with Gasteiger partial charge in [-0.05, 0) is 24.3 Å². The first-order chi connectivity index (χ1) is 9.29. The van der Waals surface area contributed by atoms with Gasteiger partial charge in [0, 0.05) is 23.0 Å². The van der Waals surface area contributed by atoms with E-state index in [2.05, 4.69) is 9.59 Å². The molecule has 0 unspecified atom stereocenters. The topological polar surface area (TPSA) is 44.2 Å². The van der Waals surface area contributed by atoms with Crippen LogP contribution in [0.3, 0.4) is 0 Å². The van der Waals surface area contributed by atoms with Gasteiger partial charge in [-0.2, -0.15) is 11.8 Å². The van der Waals surface area contributed by atoms with Gasteiger partial charge in [-0.25, -0.2) is 0 Å². The van der Waals surface area contributed by atoms with Crippen LogP contribution in [0.5, 0.6) is 11.5 Å². The largest absolute Gasteiger partial charge is 0.497 e. The Morgan fingerprint density at radius 2 is 2.00 bits per heavy atom. The predicted molar refractivity (Wildman–Crippen MR) is 79.6 cm³/mol. The van der Waals surface area contributed by atoms with Crippen molar-refractivity contribution in [2.75, 3.05) is 19.5 Å². The number of ether oxygens (including phenoxy) is 2. The zero-order valence-electron chi connectivity index (χ0n) is 10.3. The summed E-state index contributed by atoms with van der Waals surface area (Å²) in [5.41, 5.74) is 0.848. The molecule has 0 amide bonds. The van der Waals surface area contributed by atoms with E-state index in [0.29, 0.717) is 10.9 Å². The summed E-state index contributed by atoms with van der Waals surface area (Å²) in [4.78, 5) is 0. The summed E-state index contributed by atoms with van der Waals surface area (Å²) in [6.45, 7) is 0.645. The zero-order valence-corrected chi connectivity index (χ0v) is 12.7. The minimum Gasteiger partial charge on any atom is -0.497 e. The molecule has 0 atom stereocenters. The standard InChI is InChI=1S/C12H13ClN2O2S2/c1-16-9-2-4-10(5-3-9)17-6-7-18-8-11-12(13)19-15-14-11/h2-5H,6-8H2,1H3. The first-order valence-electron chi connectivity index (χ1n) is 5.61. The molecule has 0 saturated carbocycles.